The number of para-hydroxylation sites is 2. The third-order valence-electron chi connectivity index (χ3n) is 7.22. The Morgan fingerprint density at radius 2 is 1.74 bits per heavy atom. The van der Waals surface area contributed by atoms with Crippen molar-refractivity contribution < 1.29 is 19.1 Å². The summed E-state index contributed by atoms with van der Waals surface area (Å²) in [4.78, 5) is 29.9. The summed E-state index contributed by atoms with van der Waals surface area (Å²) in [6, 6.07) is 19.5. The molecule has 9 heteroatoms. The van der Waals surface area contributed by atoms with Gasteiger partial charge in [0.1, 0.15) is 18.1 Å². The van der Waals surface area contributed by atoms with E-state index in [1.807, 2.05) is 55.5 Å². The molecule has 0 radical (unpaired) electrons. The number of ether oxygens (including phenoxy) is 2. The van der Waals surface area contributed by atoms with E-state index in [-0.39, 0.29) is 24.4 Å². The van der Waals surface area contributed by atoms with Gasteiger partial charge in [-0.3, -0.25) is 14.5 Å². The lowest BCUT2D eigenvalue weighted by Crippen LogP contribution is -2.47. The lowest BCUT2D eigenvalue weighted by molar-refractivity contribution is -0.127. The molecule has 1 aliphatic carbocycles. The fourth-order valence-electron chi connectivity index (χ4n) is 5.26. The summed E-state index contributed by atoms with van der Waals surface area (Å²) >= 11 is 0. The van der Waals surface area contributed by atoms with E-state index in [9.17, 15) is 9.59 Å². The molecule has 1 atom stereocenters. The minimum absolute atomic E-state index is 0.0610. The fourth-order valence-corrected chi connectivity index (χ4v) is 5.26. The van der Waals surface area contributed by atoms with Crippen molar-refractivity contribution >= 4 is 28.5 Å². The Kier molecular flexibility index (Phi) is 7.76. The number of fused-ring (bicyclic) bond motifs is 1. The van der Waals surface area contributed by atoms with Crippen LogP contribution >= 0.6 is 0 Å². The summed E-state index contributed by atoms with van der Waals surface area (Å²) < 4.78 is 12.9. The molecule has 1 N–H and O–H groups in total. The van der Waals surface area contributed by atoms with Gasteiger partial charge >= 0.3 is 0 Å². The maximum atomic E-state index is 14.2. The van der Waals surface area contributed by atoms with Crippen LogP contribution in [0, 0.1) is 6.92 Å². The number of hydrogen-bond donors (Lipinski definition) is 1. The minimum atomic E-state index is -1.01. The number of methoxy groups -OCH3 is 2. The molecular formula is C30H33N5O4. The predicted molar refractivity (Wildman–Crippen MR) is 149 cm³/mol. The quantitative estimate of drug-likeness (QED) is 0.342. The third kappa shape index (κ3) is 5.43. The van der Waals surface area contributed by atoms with Crippen LogP contribution in [-0.4, -0.2) is 47.1 Å². The standard InChI is InChI=1S/C30H33N5O4/c1-20-15-17-22(18-16-20)35(27(36)19-34-25-13-7-6-12-24(25)32-33-34)28(30(37)31-21-9-4-5-10-21)23-11-8-14-26(38-2)29(23)39-3/h6-8,11-18,21,28H,4-5,9-10,19H2,1-3H3,(H,31,37)/t28-/m0/s1. The maximum absolute atomic E-state index is 14.2. The Morgan fingerprint density at radius 1 is 1.00 bits per heavy atom. The van der Waals surface area contributed by atoms with Gasteiger partial charge in [0.25, 0.3) is 0 Å². The Labute approximate surface area is 227 Å². The lowest BCUT2D eigenvalue weighted by atomic mass is 10.00. The molecule has 9 nitrogen and oxygen atoms in total. The monoisotopic (exact) mass is 527 g/mol. The number of benzene rings is 3. The molecule has 0 saturated heterocycles. The third-order valence-corrected chi connectivity index (χ3v) is 7.22. The molecule has 5 rings (SSSR count). The zero-order valence-corrected chi connectivity index (χ0v) is 22.5. The number of anilines is 1. The Bertz CT molecular complexity index is 1460. The van der Waals surface area contributed by atoms with Crippen molar-refractivity contribution in [3.63, 3.8) is 0 Å². The largest absolute Gasteiger partial charge is 0.493 e. The van der Waals surface area contributed by atoms with Gasteiger partial charge in [-0.2, -0.15) is 0 Å². The van der Waals surface area contributed by atoms with Gasteiger partial charge in [-0.05, 0) is 50.1 Å². The van der Waals surface area contributed by atoms with Gasteiger partial charge in [-0.25, -0.2) is 4.68 Å². The number of carbonyl (C=O) groups excluding carboxylic acids is 2. The molecule has 0 unspecified atom stereocenters. The first-order chi connectivity index (χ1) is 19.0. The van der Waals surface area contributed by atoms with Gasteiger partial charge in [0.05, 0.1) is 19.7 Å². The minimum Gasteiger partial charge on any atom is -0.493 e. The maximum Gasteiger partial charge on any atom is 0.249 e. The van der Waals surface area contributed by atoms with Crippen molar-refractivity contribution in [2.75, 3.05) is 19.1 Å². The predicted octanol–water partition coefficient (Wildman–Crippen LogP) is 4.59. The van der Waals surface area contributed by atoms with Crippen molar-refractivity contribution in [3.8, 4) is 11.5 Å². The summed E-state index contributed by atoms with van der Waals surface area (Å²) in [7, 11) is 3.08. The Morgan fingerprint density at radius 3 is 2.46 bits per heavy atom. The smallest absolute Gasteiger partial charge is 0.249 e. The number of rotatable bonds is 9. The summed E-state index contributed by atoms with van der Waals surface area (Å²) in [6.07, 6.45) is 3.96. The summed E-state index contributed by atoms with van der Waals surface area (Å²) in [5.74, 6) is 0.298. The van der Waals surface area contributed by atoms with E-state index < -0.39 is 6.04 Å². The van der Waals surface area contributed by atoms with Gasteiger partial charge in [0.15, 0.2) is 11.5 Å². The van der Waals surface area contributed by atoms with E-state index >= 15 is 0 Å². The number of aromatic nitrogens is 3. The van der Waals surface area contributed by atoms with E-state index in [1.165, 1.54) is 12.0 Å². The second-order valence-corrected chi connectivity index (χ2v) is 9.81. The second kappa shape index (κ2) is 11.6. The average molecular weight is 528 g/mol. The molecule has 1 fully saturated rings. The molecule has 3 aromatic carbocycles. The number of hydrogen-bond acceptors (Lipinski definition) is 6. The average Bonchev–Trinajstić information content (AvgIpc) is 3.62. The first-order valence-corrected chi connectivity index (χ1v) is 13.2. The molecule has 0 spiro atoms. The highest BCUT2D eigenvalue weighted by atomic mass is 16.5. The van der Waals surface area contributed by atoms with Gasteiger partial charge in [-0.15, -0.1) is 5.10 Å². The van der Waals surface area contributed by atoms with Gasteiger partial charge in [-0.1, -0.05) is 60.0 Å². The number of nitrogens with zero attached hydrogens (tertiary/aromatic N) is 4. The van der Waals surface area contributed by atoms with Crippen LogP contribution in [0.4, 0.5) is 5.69 Å². The van der Waals surface area contributed by atoms with Crippen LogP contribution < -0.4 is 19.7 Å². The van der Waals surface area contributed by atoms with Crippen LogP contribution in [0.2, 0.25) is 0 Å². The molecule has 39 heavy (non-hydrogen) atoms. The number of aryl methyl sites for hydroxylation is 1. The zero-order valence-electron chi connectivity index (χ0n) is 22.5. The topological polar surface area (TPSA) is 98.6 Å². The van der Waals surface area contributed by atoms with Crippen molar-refractivity contribution in [1.82, 2.24) is 20.3 Å². The first-order valence-electron chi connectivity index (χ1n) is 13.2. The normalized spacial score (nSPS) is 14.2. The zero-order chi connectivity index (χ0) is 27.4. The van der Waals surface area contributed by atoms with Crippen molar-refractivity contribution in [2.45, 2.75) is 51.2 Å². The van der Waals surface area contributed by atoms with E-state index in [4.69, 9.17) is 9.47 Å². The fraction of sp³-hybridized carbons (Fsp3) is 0.333. The molecule has 1 aliphatic rings. The highest BCUT2D eigenvalue weighted by Gasteiger charge is 2.37. The van der Waals surface area contributed by atoms with Crippen molar-refractivity contribution in [2.24, 2.45) is 0 Å². The van der Waals surface area contributed by atoms with Crippen LogP contribution in [0.15, 0.2) is 66.7 Å². The van der Waals surface area contributed by atoms with E-state index in [0.29, 0.717) is 28.3 Å². The lowest BCUT2D eigenvalue weighted by Gasteiger charge is -2.33. The Hall–Kier alpha value is -4.40. The summed E-state index contributed by atoms with van der Waals surface area (Å²) in [6.45, 7) is 1.88. The molecule has 2 amide bonds. The first kappa shape index (κ1) is 26.2. The number of amides is 2. The van der Waals surface area contributed by atoms with Crippen LogP contribution in [0.3, 0.4) is 0 Å². The van der Waals surface area contributed by atoms with Crippen LogP contribution in [0.1, 0.15) is 42.9 Å². The molecule has 1 aromatic heterocycles. The number of nitrogens with one attached hydrogen (secondary N) is 1. The van der Waals surface area contributed by atoms with Gasteiger partial charge in [0, 0.05) is 17.3 Å². The van der Waals surface area contributed by atoms with Gasteiger partial charge in [0.2, 0.25) is 11.8 Å². The molecule has 0 bridgehead atoms. The van der Waals surface area contributed by atoms with Crippen LogP contribution in [0.25, 0.3) is 11.0 Å². The number of carbonyl (C=O) groups is 2. The molecule has 1 saturated carbocycles. The molecule has 202 valence electrons. The van der Waals surface area contributed by atoms with E-state index in [1.54, 1.807) is 30.0 Å². The molecular weight excluding hydrogens is 494 g/mol. The van der Waals surface area contributed by atoms with Crippen molar-refractivity contribution in [3.05, 3.63) is 77.9 Å². The SMILES string of the molecule is COc1cccc([C@@H](C(=O)NC2CCCC2)N(C(=O)Cn2nnc3ccccc32)c2ccc(C)cc2)c1OC. The van der Waals surface area contributed by atoms with E-state index in [0.717, 1.165) is 36.8 Å². The van der Waals surface area contributed by atoms with Crippen LogP contribution in [0.5, 0.6) is 11.5 Å². The molecule has 0 aliphatic heterocycles. The molecule has 1 heterocycles. The summed E-state index contributed by atoms with van der Waals surface area (Å²) in [5.41, 5.74) is 3.59. The second-order valence-electron chi connectivity index (χ2n) is 9.81. The highest BCUT2D eigenvalue weighted by Crippen LogP contribution is 2.39. The van der Waals surface area contributed by atoms with Crippen molar-refractivity contribution in [1.29, 1.82) is 0 Å². The molecule has 4 aromatic rings. The van der Waals surface area contributed by atoms with Crippen LogP contribution in [-0.2, 0) is 16.1 Å². The van der Waals surface area contributed by atoms with Gasteiger partial charge < -0.3 is 14.8 Å². The Balaban J connectivity index is 1.63. The van der Waals surface area contributed by atoms with E-state index in [2.05, 4.69) is 15.6 Å². The highest BCUT2D eigenvalue weighted by molar-refractivity contribution is 6.02. The summed E-state index contributed by atoms with van der Waals surface area (Å²) in [5, 5.41) is 11.6.